The highest BCUT2D eigenvalue weighted by Gasteiger charge is 2.02. The maximum Gasteiger partial charge on any atom is 0.174 e. The van der Waals surface area contributed by atoms with E-state index >= 15 is 0 Å². The lowest BCUT2D eigenvalue weighted by atomic mass is 10.2. The largest absolute Gasteiger partial charge is 0.347 e. The molecule has 1 heterocycles. The van der Waals surface area contributed by atoms with Crippen LogP contribution in [0.15, 0.2) is 24.3 Å². The zero-order valence-corrected chi connectivity index (χ0v) is 5.16. The van der Waals surface area contributed by atoms with E-state index in [4.69, 9.17) is 4.84 Å². The molecule has 1 radical (unpaired) electrons. The fourth-order valence-corrected chi connectivity index (χ4v) is 0.805. The average molecular weight is 130 g/mol. The Morgan fingerprint density at radius 2 is 2.20 bits per heavy atom. The molecule has 0 bridgehead atoms. The van der Waals surface area contributed by atoms with E-state index in [0.717, 1.165) is 11.3 Å². The SMILES string of the molecule is C1#Cc2ccccc2O[N]1. The number of benzene rings is 1. The summed E-state index contributed by atoms with van der Waals surface area (Å²) in [5.41, 5.74) is 4.36. The van der Waals surface area contributed by atoms with Crippen molar-refractivity contribution in [1.29, 1.82) is 0 Å². The van der Waals surface area contributed by atoms with Crippen LogP contribution in [0.3, 0.4) is 0 Å². The first-order valence-corrected chi connectivity index (χ1v) is 2.94. The van der Waals surface area contributed by atoms with E-state index in [-0.39, 0.29) is 0 Å². The summed E-state index contributed by atoms with van der Waals surface area (Å²) in [5, 5.41) is 0. The predicted octanol–water partition coefficient (Wildman–Crippen LogP) is 0.907. The first-order valence-electron chi connectivity index (χ1n) is 2.94. The van der Waals surface area contributed by atoms with Gasteiger partial charge in [-0.1, -0.05) is 12.1 Å². The van der Waals surface area contributed by atoms with Crippen LogP contribution in [0.25, 0.3) is 0 Å². The third kappa shape index (κ3) is 0.688. The van der Waals surface area contributed by atoms with Crippen molar-refractivity contribution in [2.75, 3.05) is 0 Å². The van der Waals surface area contributed by atoms with Crippen molar-refractivity contribution in [2.45, 2.75) is 0 Å². The van der Waals surface area contributed by atoms with Gasteiger partial charge in [0.05, 0.1) is 11.6 Å². The molecule has 0 saturated heterocycles. The van der Waals surface area contributed by atoms with Crippen LogP contribution in [0.4, 0.5) is 0 Å². The summed E-state index contributed by atoms with van der Waals surface area (Å²) in [6, 6.07) is 10.0. The number of fused-ring (bicyclic) bond motifs is 1. The molecule has 2 rings (SSSR count). The molecule has 0 spiro atoms. The minimum Gasteiger partial charge on any atom is -0.347 e. The molecule has 1 aliphatic rings. The fraction of sp³-hybridized carbons (Fsp3) is 0. The van der Waals surface area contributed by atoms with Gasteiger partial charge in [-0.25, -0.2) is 0 Å². The summed E-state index contributed by atoms with van der Waals surface area (Å²) in [4.78, 5) is 4.87. The van der Waals surface area contributed by atoms with Crippen LogP contribution in [-0.2, 0) is 0 Å². The van der Waals surface area contributed by atoms with E-state index in [0.29, 0.717) is 0 Å². The summed E-state index contributed by atoms with van der Waals surface area (Å²) in [5.74, 6) is 3.56. The summed E-state index contributed by atoms with van der Waals surface area (Å²) in [6.45, 7) is 0. The molecule has 0 saturated carbocycles. The second-order valence-corrected chi connectivity index (χ2v) is 1.92. The summed E-state index contributed by atoms with van der Waals surface area (Å²) in [6.07, 6.45) is 0. The van der Waals surface area contributed by atoms with Crippen LogP contribution in [0.5, 0.6) is 5.75 Å². The third-order valence-electron chi connectivity index (χ3n) is 1.27. The van der Waals surface area contributed by atoms with E-state index in [1.54, 1.807) is 0 Å². The average Bonchev–Trinajstić information content (AvgIpc) is 2.05. The minimum absolute atomic E-state index is 0.737. The van der Waals surface area contributed by atoms with E-state index in [2.05, 4.69) is 17.4 Å². The molecular formula is C8H4NO. The Labute approximate surface area is 58.8 Å². The molecule has 1 aliphatic heterocycles. The van der Waals surface area contributed by atoms with Crippen molar-refractivity contribution >= 4 is 0 Å². The smallest absolute Gasteiger partial charge is 0.174 e. The van der Waals surface area contributed by atoms with E-state index in [1.165, 1.54) is 0 Å². The van der Waals surface area contributed by atoms with Gasteiger partial charge in [0.1, 0.15) is 0 Å². The molecule has 0 amide bonds. The van der Waals surface area contributed by atoms with Crippen LogP contribution in [0, 0.1) is 12.0 Å². The first-order chi connectivity index (χ1) is 4.97. The predicted molar refractivity (Wildman–Crippen MR) is 36.1 cm³/mol. The van der Waals surface area contributed by atoms with Crippen molar-refractivity contribution in [2.24, 2.45) is 0 Å². The molecule has 0 N–H and O–H groups in total. The van der Waals surface area contributed by atoms with Gasteiger partial charge >= 0.3 is 0 Å². The van der Waals surface area contributed by atoms with Crippen LogP contribution < -0.4 is 10.3 Å². The van der Waals surface area contributed by atoms with Gasteiger partial charge in [-0.15, -0.1) is 0 Å². The highest BCUT2D eigenvalue weighted by Crippen LogP contribution is 2.16. The number of rotatable bonds is 0. The molecule has 0 aromatic heterocycles. The minimum atomic E-state index is 0.737. The van der Waals surface area contributed by atoms with Crippen molar-refractivity contribution in [3.8, 4) is 17.7 Å². The Balaban J connectivity index is 2.60. The normalized spacial score (nSPS) is 11.6. The Morgan fingerprint density at radius 3 is 3.10 bits per heavy atom. The van der Waals surface area contributed by atoms with Crippen molar-refractivity contribution < 1.29 is 4.84 Å². The van der Waals surface area contributed by atoms with Crippen molar-refractivity contribution in [3.05, 3.63) is 29.8 Å². The van der Waals surface area contributed by atoms with Gasteiger partial charge in [-0.2, -0.15) is 0 Å². The summed E-state index contributed by atoms with van der Waals surface area (Å²) < 4.78 is 0. The standard InChI is InChI=1S/C8H4NO/c1-2-4-8-7(3-1)5-6-9-10-8/h1-4H. The highest BCUT2D eigenvalue weighted by molar-refractivity contribution is 5.46. The lowest BCUT2D eigenvalue weighted by molar-refractivity contribution is 0.239. The lowest BCUT2D eigenvalue weighted by Crippen LogP contribution is -2.07. The van der Waals surface area contributed by atoms with Gasteiger partial charge in [0.15, 0.2) is 5.75 Å². The van der Waals surface area contributed by atoms with Gasteiger partial charge in [0.25, 0.3) is 0 Å². The molecule has 0 atom stereocenters. The number of hydroxylamine groups is 1. The zero-order chi connectivity index (χ0) is 6.81. The Kier molecular flexibility index (Phi) is 1.02. The molecule has 0 fully saturated rings. The number of hydrogen-bond donors (Lipinski definition) is 0. The van der Waals surface area contributed by atoms with Crippen molar-refractivity contribution in [1.82, 2.24) is 5.48 Å². The third-order valence-corrected chi connectivity index (χ3v) is 1.27. The maximum absolute atomic E-state index is 4.87. The second-order valence-electron chi connectivity index (χ2n) is 1.92. The monoisotopic (exact) mass is 130 g/mol. The molecule has 10 heavy (non-hydrogen) atoms. The van der Waals surface area contributed by atoms with Gasteiger partial charge in [0.2, 0.25) is 0 Å². The quantitative estimate of drug-likeness (QED) is 0.479. The number of para-hydroxylation sites is 1. The van der Waals surface area contributed by atoms with Gasteiger partial charge in [0, 0.05) is 0 Å². The van der Waals surface area contributed by atoms with E-state index in [9.17, 15) is 0 Å². The summed E-state index contributed by atoms with van der Waals surface area (Å²) in [7, 11) is 0. The zero-order valence-electron chi connectivity index (χ0n) is 5.16. The number of nitrogens with zero attached hydrogens (tertiary/aromatic N) is 1. The molecule has 0 unspecified atom stereocenters. The van der Waals surface area contributed by atoms with Gasteiger partial charge < -0.3 is 4.84 Å². The molecule has 1 aromatic rings. The Hall–Kier alpha value is -1.62. The van der Waals surface area contributed by atoms with E-state index in [1.807, 2.05) is 24.3 Å². The van der Waals surface area contributed by atoms with Gasteiger partial charge in [-0.3, -0.25) is 0 Å². The van der Waals surface area contributed by atoms with Crippen LogP contribution >= 0.6 is 0 Å². The van der Waals surface area contributed by atoms with E-state index < -0.39 is 0 Å². The van der Waals surface area contributed by atoms with Crippen LogP contribution in [0.2, 0.25) is 0 Å². The topological polar surface area (TPSA) is 23.3 Å². The van der Waals surface area contributed by atoms with Gasteiger partial charge in [-0.05, 0) is 23.5 Å². The first kappa shape index (κ1) is 5.19. The maximum atomic E-state index is 4.87. The highest BCUT2D eigenvalue weighted by atomic mass is 16.6. The number of hydrogen-bond acceptors (Lipinski definition) is 1. The molecule has 2 nitrogen and oxygen atoms in total. The molecule has 47 valence electrons. The summed E-state index contributed by atoms with van der Waals surface area (Å²) >= 11 is 0. The molecule has 2 heteroatoms. The molecular weight excluding hydrogens is 126 g/mol. The lowest BCUT2D eigenvalue weighted by Gasteiger charge is -2.04. The Bertz CT molecular complexity index is 309. The fourth-order valence-electron chi connectivity index (χ4n) is 0.805. The van der Waals surface area contributed by atoms with Crippen LogP contribution in [0.1, 0.15) is 5.56 Å². The Morgan fingerprint density at radius 1 is 1.30 bits per heavy atom. The second kappa shape index (κ2) is 1.96. The molecule has 1 aromatic carbocycles. The molecule has 0 aliphatic carbocycles. The van der Waals surface area contributed by atoms with Crippen LogP contribution in [-0.4, -0.2) is 0 Å². The van der Waals surface area contributed by atoms with Crippen molar-refractivity contribution in [3.63, 3.8) is 0 Å².